The first-order valence-electron chi connectivity index (χ1n) is 8.11. The van der Waals surface area contributed by atoms with E-state index in [-0.39, 0.29) is 35.9 Å². The van der Waals surface area contributed by atoms with Gasteiger partial charge in [-0.1, -0.05) is 19.9 Å². The van der Waals surface area contributed by atoms with Gasteiger partial charge in [0.05, 0.1) is 17.9 Å². The van der Waals surface area contributed by atoms with Gasteiger partial charge in [0.15, 0.2) is 0 Å². The van der Waals surface area contributed by atoms with Crippen molar-refractivity contribution in [2.24, 2.45) is 5.73 Å². The maximum Gasteiger partial charge on any atom is 0.278 e. The minimum absolute atomic E-state index is 0.0469. The summed E-state index contributed by atoms with van der Waals surface area (Å²) in [5.41, 5.74) is 8.57. The number of amides is 1. The van der Waals surface area contributed by atoms with Crippen LogP contribution in [0.1, 0.15) is 35.5 Å². The third kappa shape index (κ3) is 5.81. The van der Waals surface area contributed by atoms with Crippen LogP contribution >= 0.6 is 0 Å². The summed E-state index contributed by atoms with van der Waals surface area (Å²) in [7, 11) is 0. The topological polar surface area (TPSA) is 113 Å². The van der Waals surface area contributed by atoms with Crippen molar-refractivity contribution in [2.45, 2.75) is 20.8 Å². The van der Waals surface area contributed by atoms with Gasteiger partial charge in [-0.05, 0) is 36.8 Å². The Hall–Kier alpha value is -3.02. The monoisotopic (exact) mass is 359 g/mol. The van der Waals surface area contributed by atoms with Crippen LogP contribution in [0, 0.1) is 24.1 Å². The highest BCUT2D eigenvalue weighted by Crippen LogP contribution is 2.22. The van der Waals surface area contributed by atoms with Crippen LogP contribution in [-0.2, 0) is 4.84 Å². The highest BCUT2D eigenvalue weighted by molar-refractivity contribution is 5.98. The van der Waals surface area contributed by atoms with Crippen LogP contribution in [0.2, 0.25) is 0 Å². The van der Waals surface area contributed by atoms with Gasteiger partial charge in [0.2, 0.25) is 0 Å². The predicted molar refractivity (Wildman–Crippen MR) is 97.2 cm³/mol. The molecule has 0 saturated carbocycles. The molecule has 26 heavy (non-hydrogen) atoms. The first-order valence-corrected chi connectivity index (χ1v) is 8.11. The van der Waals surface area contributed by atoms with Crippen LogP contribution in [0.3, 0.4) is 0 Å². The molecule has 0 saturated heterocycles. The summed E-state index contributed by atoms with van der Waals surface area (Å²) in [5, 5.41) is 11.7. The first-order chi connectivity index (χ1) is 12.5. The second-order valence-corrected chi connectivity index (χ2v) is 4.88. The Labute approximate surface area is 151 Å². The number of nitriles is 1. The molecule has 0 unspecified atom stereocenters. The summed E-state index contributed by atoms with van der Waals surface area (Å²) in [6.45, 7) is 6.14. The van der Waals surface area contributed by atoms with Crippen molar-refractivity contribution in [2.75, 3.05) is 18.5 Å². The molecular formula is C18H22FN5O2. The summed E-state index contributed by atoms with van der Waals surface area (Å²) >= 11 is 0. The summed E-state index contributed by atoms with van der Waals surface area (Å²) < 4.78 is 14.0. The van der Waals surface area contributed by atoms with Gasteiger partial charge >= 0.3 is 0 Å². The van der Waals surface area contributed by atoms with Crippen LogP contribution in [0.25, 0.3) is 0 Å². The molecule has 0 aliphatic rings. The first kappa shape index (κ1) is 21.0. The van der Waals surface area contributed by atoms with Crippen LogP contribution in [0.4, 0.5) is 15.9 Å². The van der Waals surface area contributed by atoms with Crippen LogP contribution in [-0.4, -0.2) is 24.0 Å². The molecule has 1 aromatic carbocycles. The number of aryl methyl sites for hydroxylation is 1. The normalized spacial score (nSPS) is 9.54. The number of carbonyl (C=O) groups is 1. The Bertz CT molecular complexity index is 790. The Morgan fingerprint density at radius 2 is 2.08 bits per heavy atom. The highest BCUT2D eigenvalue weighted by atomic mass is 19.1. The number of pyridine rings is 1. The second kappa shape index (κ2) is 10.8. The number of halogens is 1. The number of nitrogens with two attached hydrogens (primary N) is 1. The molecule has 0 bridgehead atoms. The lowest BCUT2D eigenvalue weighted by Gasteiger charge is -2.12. The molecule has 2 rings (SSSR count). The smallest absolute Gasteiger partial charge is 0.278 e. The van der Waals surface area contributed by atoms with E-state index in [9.17, 15) is 9.18 Å². The van der Waals surface area contributed by atoms with Gasteiger partial charge in [0, 0.05) is 6.54 Å². The zero-order valence-electron chi connectivity index (χ0n) is 15.0. The fourth-order valence-corrected chi connectivity index (χ4v) is 1.88. The summed E-state index contributed by atoms with van der Waals surface area (Å²) in [4.78, 5) is 21.0. The zero-order chi connectivity index (χ0) is 19.5. The van der Waals surface area contributed by atoms with E-state index in [0.717, 1.165) is 5.56 Å². The van der Waals surface area contributed by atoms with Gasteiger partial charge in [-0.2, -0.15) is 5.26 Å². The molecule has 0 aliphatic heterocycles. The van der Waals surface area contributed by atoms with Gasteiger partial charge in [0.1, 0.15) is 23.4 Å². The van der Waals surface area contributed by atoms with Crippen LogP contribution in [0.5, 0.6) is 0 Å². The van der Waals surface area contributed by atoms with E-state index in [1.165, 1.54) is 24.3 Å². The highest BCUT2D eigenvalue weighted by Gasteiger charge is 2.15. The molecular weight excluding hydrogens is 337 g/mol. The molecule has 7 nitrogen and oxygen atoms in total. The van der Waals surface area contributed by atoms with E-state index < -0.39 is 11.7 Å². The van der Waals surface area contributed by atoms with Crippen molar-refractivity contribution >= 4 is 17.4 Å². The second-order valence-electron chi connectivity index (χ2n) is 4.88. The van der Waals surface area contributed by atoms with Crippen molar-refractivity contribution < 1.29 is 14.0 Å². The van der Waals surface area contributed by atoms with Gasteiger partial charge in [-0.25, -0.2) is 14.9 Å². The van der Waals surface area contributed by atoms with E-state index in [2.05, 4.69) is 15.8 Å². The zero-order valence-corrected chi connectivity index (χ0v) is 15.0. The lowest BCUT2D eigenvalue weighted by atomic mass is 10.2. The molecule has 0 fully saturated rings. The summed E-state index contributed by atoms with van der Waals surface area (Å²) in [6, 6.07) is 9.24. The third-order valence-corrected chi connectivity index (χ3v) is 3.02. The lowest BCUT2D eigenvalue weighted by molar-refractivity contribution is 0.0344. The Morgan fingerprint density at radius 1 is 1.35 bits per heavy atom. The Morgan fingerprint density at radius 3 is 2.69 bits per heavy atom. The molecule has 4 N–H and O–H groups in total. The average Bonchev–Trinajstić information content (AvgIpc) is 2.65. The maximum absolute atomic E-state index is 14.0. The van der Waals surface area contributed by atoms with Gasteiger partial charge in [-0.15, -0.1) is 0 Å². The van der Waals surface area contributed by atoms with Gasteiger partial charge in [-0.3, -0.25) is 9.63 Å². The van der Waals surface area contributed by atoms with E-state index in [0.29, 0.717) is 0 Å². The number of hydroxylamine groups is 1. The molecule has 0 atom stereocenters. The average molecular weight is 359 g/mol. The van der Waals surface area contributed by atoms with E-state index in [1.807, 2.05) is 19.9 Å². The van der Waals surface area contributed by atoms with E-state index >= 15 is 0 Å². The quantitative estimate of drug-likeness (QED) is 0.540. The molecule has 1 heterocycles. The van der Waals surface area contributed by atoms with Crippen molar-refractivity contribution in [1.82, 2.24) is 10.5 Å². The largest absolute Gasteiger partial charge is 0.337 e. The number of aromatic nitrogens is 1. The van der Waals surface area contributed by atoms with Gasteiger partial charge in [0.25, 0.3) is 5.91 Å². The number of carbonyl (C=O) groups excluding carboxylic acids is 1. The number of nitrogens with one attached hydrogen (secondary N) is 2. The number of hydrogen-bond donors (Lipinski definition) is 3. The SMILES string of the molecule is CC.Cc1ccc(Nc2nc(C#N)ccc2C(=O)NOCCN)c(F)c1. The molecule has 1 amide bonds. The molecule has 0 spiro atoms. The molecule has 138 valence electrons. The number of anilines is 2. The summed E-state index contributed by atoms with van der Waals surface area (Å²) in [5.74, 6) is -1.04. The fourth-order valence-electron chi connectivity index (χ4n) is 1.88. The predicted octanol–water partition coefficient (Wildman–Crippen LogP) is 2.79. The third-order valence-electron chi connectivity index (χ3n) is 3.02. The van der Waals surface area contributed by atoms with Crippen LogP contribution in [0.15, 0.2) is 30.3 Å². The van der Waals surface area contributed by atoms with Crippen LogP contribution < -0.4 is 16.5 Å². The van der Waals surface area contributed by atoms with Crippen molar-refractivity contribution in [1.29, 1.82) is 5.26 Å². The number of nitrogens with zero attached hydrogens (tertiary/aromatic N) is 2. The molecule has 1 aromatic heterocycles. The van der Waals surface area contributed by atoms with E-state index in [4.69, 9.17) is 15.8 Å². The molecule has 2 aromatic rings. The standard InChI is InChI=1S/C16H16FN5O2.C2H6/c1-10-2-5-14(13(17)8-10)21-15-12(4-3-11(9-19)20-15)16(23)22-24-7-6-18;1-2/h2-5,8H,6-7,18H2,1H3,(H,20,21)(H,22,23);1-2H3. The molecule has 0 radical (unpaired) electrons. The number of rotatable bonds is 6. The van der Waals surface area contributed by atoms with Crippen molar-refractivity contribution in [3.63, 3.8) is 0 Å². The fraction of sp³-hybridized carbons (Fsp3) is 0.278. The molecule has 8 heteroatoms. The number of hydrogen-bond acceptors (Lipinski definition) is 6. The summed E-state index contributed by atoms with van der Waals surface area (Å²) in [6.07, 6.45) is 0. The number of benzene rings is 1. The Kier molecular flexibility index (Phi) is 8.70. The Balaban J connectivity index is 0.00000163. The maximum atomic E-state index is 14.0. The van der Waals surface area contributed by atoms with E-state index in [1.54, 1.807) is 13.0 Å². The minimum atomic E-state index is -0.588. The van der Waals surface area contributed by atoms with Crippen molar-refractivity contribution in [3.05, 3.63) is 53.0 Å². The van der Waals surface area contributed by atoms with Gasteiger partial charge < -0.3 is 11.1 Å². The lowest BCUT2D eigenvalue weighted by Crippen LogP contribution is -2.27. The van der Waals surface area contributed by atoms with Crippen molar-refractivity contribution in [3.8, 4) is 6.07 Å². The molecule has 0 aliphatic carbocycles. The minimum Gasteiger partial charge on any atom is -0.337 e.